The number of hydrogen-bond acceptors (Lipinski definition) is 1. The molecule has 2 aliphatic rings. The molecule has 0 saturated heterocycles. The molecule has 0 aromatic rings. The lowest BCUT2D eigenvalue weighted by atomic mass is 10.0. The predicted molar refractivity (Wildman–Crippen MR) is 40.7 cm³/mol. The Morgan fingerprint density at radius 2 is 1.89 bits per heavy atom. The third kappa shape index (κ3) is 1.08. The third-order valence-corrected chi connectivity index (χ3v) is 2.74. The van der Waals surface area contributed by atoms with Gasteiger partial charge in [0.15, 0.2) is 0 Å². The van der Waals surface area contributed by atoms with Gasteiger partial charge in [0, 0.05) is 0 Å². The molecule has 0 aromatic heterocycles. The molecule has 0 atom stereocenters. The van der Waals surface area contributed by atoms with Crippen molar-refractivity contribution in [3.8, 4) is 0 Å². The van der Waals surface area contributed by atoms with E-state index in [0.29, 0.717) is 5.41 Å². The van der Waals surface area contributed by atoms with Crippen molar-refractivity contribution in [3.05, 3.63) is 0 Å². The summed E-state index contributed by atoms with van der Waals surface area (Å²) in [6.07, 6.45) is 5.79. The van der Waals surface area contributed by atoms with Gasteiger partial charge in [0.2, 0.25) is 0 Å². The third-order valence-electron chi connectivity index (χ3n) is 2.74. The van der Waals surface area contributed by atoms with Crippen LogP contribution in [0.5, 0.6) is 0 Å². The van der Waals surface area contributed by atoms with Crippen molar-refractivity contribution in [1.82, 2.24) is 0 Å². The number of rotatable bonds is 2. The summed E-state index contributed by atoms with van der Waals surface area (Å²) in [7, 11) is 0. The maximum Gasteiger partial charge on any atom is -0.00179 e. The molecule has 54 valence electrons. The quantitative estimate of drug-likeness (QED) is 0.631. The van der Waals surface area contributed by atoms with Gasteiger partial charge in [-0.2, -0.15) is 0 Å². The molecule has 0 aromatic carbocycles. The number of hydrogen-bond donors (Lipinski definition) is 1. The average Bonchev–Trinajstić information content (AvgIpc) is 2.63. The molecule has 2 heteroatoms. The van der Waals surface area contributed by atoms with Crippen LogP contribution in [0.3, 0.4) is 0 Å². The fraction of sp³-hybridized carbons (Fsp3) is 1.00. The van der Waals surface area contributed by atoms with E-state index in [2.05, 4.69) is 0 Å². The van der Waals surface area contributed by atoms with Crippen LogP contribution in [0.1, 0.15) is 25.7 Å². The van der Waals surface area contributed by atoms with Crippen molar-refractivity contribution in [3.63, 3.8) is 0 Å². The second-order valence-corrected chi connectivity index (χ2v) is 3.34. The van der Waals surface area contributed by atoms with Crippen LogP contribution in [0, 0.1) is 11.3 Å². The molecule has 1 nitrogen and oxygen atoms in total. The van der Waals surface area contributed by atoms with Crippen molar-refractivity contribution in [2.75, 3.05) is 6.54 Å². The summed E-state index contributed by atoms with van der Waals surface area (Å²) < 4.78 is 0. The van der Waals surface area contributed by atoms with Gasteiger partial charge in [0.1, 0.15) is 0 Å². The fourth-order valence-corrected chi connectivity index (χ4v) is 1.64. The van der Waals surface area contributed by atoms with Gasteiger partial charge < -0.3 is 5.73 Å². The highest BCUT2D eigenvalue weighted by molar-refractivity contribution is 5.85. The second-order valence-electron chi connectivity index (χ2n) is 3.34. The fourth-order valence-electron chi connectivity index (χ4n) is 1.64. The summed E-state index contributed by atoms with van der Waals surface area (Å²) in [6, 6.07) is 0. The van der Waals surface area contributed by atoms with E-state index in [-0.39, 0.29) is 12.4 Å². The van der Waals surface area contributed by atoms with E-state index in [9.17, 15) is 0 Å². The normalized spacial score (nSPS) is 29.0. The highest BCUT2D eigenvalue weighted by Crippen LogP contribution is 2.60. The van der Waals surface area contributed by atoms with Crippen LogP contribution >= 0.6 is 12.4 Å². The molecular weight excluding hydrogens is 134 g/mol. The molecule has 0 heterocycles. The minimum absolute atomic E-state index is 0. The van der Waals surface area contributed by atoms with E-state index in [1.54, 1.807) is 0 Å². The van der Waals surface area contributed by atoms with Crippen LogP contribution < -0.4 is 5.73 Å². The largest absolute Gasteiger partial charge is 0.330 e. The first-order valence-corrected chi connectivity index (χ1v) is 3.57. The molecule has 0 bridgehead atoms. The summed E-state index contributed by atoms with van der Waals surface area (Å²) >= 11 is 0. The summed E-state index contributed by atoms with van der Waals surface area (Å²) in [5, 5.41) is 0. The molecular formula is C7H14ClN. The molecule has 2 N–H and O–H groups in total. The van der Waals surface area contributed by atoms with Crippen molar-refractivity contribution >= 4 is 12.4 Å². The molecule has 0 amide bonds. The zero-order valence-electron chi connectivity index (χ0n) is 5.60. The van der Waals surface area contributed by atoms with Crippen LogP contribution in [0.4, 0.5) is 0 Å². The predicted octanol–water partition coefficient (Wildman–Crippen LogP) is 1.56. The van der Waals surface area contributed by atoms with Gasteiger partial charge in [-0.3, -0.25) is 0 Å². The second kappa shape index (κ2) is 2.14. The maximum absolute atomic E-state index is 5.61. The van der Waals surface area contributed by atoms with Crippen LogP contribution in [-0.2, 0) is 0 Å². The Balaban J connectivity index is 0.000000405. The zero-order chi connectivity index (χ0) is 5.61. The monoisotopic (exact) mass is 147 g/mol. The minimum atomic E-state index is 0. The van der Waals surface area contributed by atoms with Crippen molar-refractivity contribution in [2.45, 2.75) is 25.7 Å². The van der Waals surface area contributed by atoms with Gasteiger partial charge in [-0.05, 0) is 43.6 Å². The topological polar surface area (TPSA) is 26.0 Å². The first-order valence-electron chi connectivity index (χ1n) is 3.57. The Morgan fingerprint density at radius 3 is 2.00 bits per heavy atom. The molecule has 0 unspecified atom stereocenters. The van der Waals surface area contributed by atoms with Gasteiger partial charge in [-0.15, -0.1) is 12.4 Å². The summed E-state index contributed by atoms with van der Waals surface area (Å²) in [5.41, 5.74) is 6.29. The molecule has 0 spiro atoms. The lowest BCUT2D eigenvalue weighted by molar-refractivity contribution is 0.453. The van der Waals surface area contributed by atoms with Crippen molar-refractivity contribution in [2.24, 2.45) is 17.1 Å². The highest BCUT2D eigenvalue weighted by Gasteiger charge is 2.52. The molecule has 2 rings (SSSR count). The van der Waals surface area contributed by atoms with Crippen molar-refractivity contribution < 1.29 is 0 Å². The van der Waals surface area contributed by atoms with E-state index in [1.807, 2.05) is 0 Å². The smallest absolute Gasteiger partial charge is 0.00179 e. The van der Waals surface area contributed by atoms with E-state index in [1.165, 1.54) is 25.7 Å². The van der Waals surface area contributed by atoms with Crippen LogP contribution in [0.15, 0.2) is 0 Å². The summed E-state index contributed by atoms with van der Waals surface area (Å²) in [4.78, 5) is 0. The van der Waals surface area contributed by atoms with E-state index in [0.717, 1.165) is 12.5 Å². The SMILES string of the molecule is Cl.NCC1(C2CC2)CC1. The van der Waals surface area contributed by atoms with Gasteiger partial charge >= 0.3 is 0 Å². The van der Waals surface area contributed by atoms with Gasteiger partial charge in [0.25, 0.3) is 0 Å². The Bertz CT molecular complexity index is 105. The maximum atomic E-state index is 5.61. The Hall–Kier alpha value is 0.250. The minimum Gasteiger partial charge on any atom is -0.330 e. The standard InChI is InChI=1S/C7H13N.ClH/c8-5-7(3-4-7)6-1-2-6;/h6H,1-5,8H2;1H. The van der Waals surface area contributed by atoms with Crippen molar-refractivity contribution in [1.29, 1.82) is 0 Å². The van der Waals surface area contributed by atoms with E-state index >= 15 is 0 Å². The van der Waals surface area contributed by atoms with Crippen LogP contribution in [0.2, 0.25) is 0 Å². The molecule has 0 aliphatic heterocycles. The number of halogens is 1. The lowest BCUT2D eigenvalue weighted by Gasteiger charge is -2.07. The first-order chi connectivity index (χ1) is 3.87. The molecule has 2 fully saturated rings. The summed E-state index contributed by atoms with van der Waals surface area (Å²) in [6.45, 7) is 0.956. The number of nitrogens with two attached hydrogens (primary N) is 1. The van der Waals surface area contributed by atoms with Gasteiger partial charge in [-0.25, -0.2) is 0 Å². The lowest BCUT2D eigenvalue weighted by Crippen LogP contribution is -2.16. The Morgan fingerprint density at radius 1 is 1.33 bits per heavy atom. The van der Waals surface area contributed by atoms with Gasteiger partial charge in [-0.1, -0.05) is 0 Å². The highest BCUT2D eigenvalue weighted by atomic mass is 35.5. The van der Waals surface area contributed by atoms with E-state index < -0.39 is 0 Å². The molecule has 9 heavy (non-hydrogen) atoms. The average molecular weight is 148 g/mol. The van der Waals surface area contributed by atoms with Gasteiger partial charge in [0.05, 0.1) is 0 Å². The molecule has 2 saturated carbocycles. The molecule has 0 radical (unpaired) electrons. The van der Waals surface area contributed by atoms with E-state index in [4.69, 9.17) is 5.73 Å². The Kier molecular flexibility index (Phi) is 1.75. The summed E-state index contributed by atoms with van der Waals surface area (Å²) in [5.74, 6) is 1.05. The molecule has 2 aliphatic carbocycles. The zero-order valence-corrected chi connectivity index (χ0v) is 6.41. The Labute approximate surface area is 62.4 Å². The van der Waals surface area contributed by atoms with Crippen LogP contribution in [-0.4, -0.2) is 6.54 Å². The van der Waals surface area contributed by atoms with Crippen LogP contribution in [0.25, 0.3) is 0 Å². The first kappa shape index (κ1) is 7.36.